The summed E-state index contributed by atoms with van der Waals surface area (Å²) in [5.74, 6) is 0. The van der Waals surface area contributed by atoms with Crippen molar-refractivity contribution >= 4 is 17.5 Å². The van der Waals surface area contributed by atoms with E-state index < -0.39 is 0 Å². The van der Waals surface area contributed by atoms with Gasteiger partial charge in [0.05, 0.1) is 11.4 Å². The first kappa shape index (κ1) is 13.0. The van der Waals surface area contributed by atoms with Gasteiger partial charge >= 0.3 is 0 Å². The maximum absolute atomic E-state index is 8.14. The number of nitrogens with one attached hydrogen (secondary N) is 2. The third-order valence-corrected chi connectivity index (χ3v) is 2.84. The van der Waals surface area contributed by atoms with E-state index in [0.29, 0.717) is 5.71 Å². The zero-order valence-electron chi connectivity index (χ0n) is 11.1. The van der Waals surface area contributed by atoms with E-state index in [1.165, 1.54) is 5.56 Å². The molecule has 0 radical (unpaired) electrons. The third kappa shape index (κ3) is 3.28. The van der Waals surface area contributed by atoms with Crippen LogP contribution in [0, 0.1) is 12.3 Å². The molecule has 1 aromatic carbocycles. The first-order chi connectivity index (χ1) is 9.20. The van der Waals surface area contributed by atoms with Gasteiger partial charge in [-0.2, -0.15) is 0 Å². The molecule has 2 N–H and O–H groups in total. The number of hydrogen-bond acceptors (Lipinski definition) is 3. The van der Waals surface area contributed by atoms with Crippen molar-refractivity contribution in [3.63, 3.8) is 0 Å². The number of nitrogens with zero attached hydrogens (tertiary/aromatic N) is 1. The number of pyridine rings is 1. The molecule has 0 aliphatic heterocycles. The maximum atomic E-state index is 8.14. The maximum Gasteiger partial charge on any atom is 0.0633 e. The van der Waals surface area contributed by atoms with Gasteiger partial charge in [0.1, 0.15) is 0 Å². The highest BCUT2D eigenvalue weighted by atomic mass is 14.8. The van der Waals surface area contributed by atoms with Crippen LogP contribution in [-0.4, -0.2) is 17.7 Å². The Bertz CT molecular complexity index is 601. The zero-order valence-corrected chi connectivity index (χ0v) is 11.1. The van der Waals surface area contributed by atoms with Gasteiger partial charge in [-0.1, -0.05) is 18.2 Å². The lowest BCUT2D eigenvalue weighted by atomic mass is 10.0. The van der Waals surface area contributed by atoms with E-state index in [0.717, 1.165) is 16.9 Å². The van der Waals surface area contributed by atoms with Gasteiger partial charge in [0, 0.05) is 24.5 Å². The third-order valence-electron chi connectivity index (χ3n) is 2.84. The van der Waals surface area contributed by atoms with Gasteiger partial charge in [-0.15, -0.1) is 0 Å². The number of aryl methyl sites for hydroxylation is 1. The van der Waals surface area contributed by atoms with Crippen molar-refractivity contribution in [2.45, 2.75) is 6.92 Å². The van der Waals surface area contributed by atoms with Gasteiger partial charge in [0.2, 0.25) is 0 Å². The number of hydrogen-bond donors (Lipinski definition) is 2. The standard InChI is InChI=1S/C16H17N3/c1-12-6-8-14(16(11-12)18-2)15(17)9-7-13-5-3-4-10-19-13/h3-11,17-18H,1-2H3/b9-7+,17-15?. The molecule has 96 valence electrons. The summed E-state index contributed by atoms with van der Waals surface area (Å²) in [6, 6.07) is 11.7. The Hall–Kier alpha value is -2.42. The summed E-state index contributed by atoms with van der Waals surface area (Å²) in [6.07, 6.45) is 5.36. The minimum absolute atomic E-state index is 0.468. The summed E-state index contributed by atoms with van der Waals surface area (Å²) >= 11 is 0. The van der Waals surface area contributed by atoms with Gasteiger partial charge in [0.25, 0.3) is 0 Å². The van der Waals surface area contributed by atoms with E-state index in [4.69, 9.17) is 5.41 Å². The largest absolute Gasteiger partial charge is 0.388 e. The molecule has 0 saturated heterocycles. The van der Waals surface area contributed by atoms with Gasteiger partial charge in [-0.3, -0.25) is 4.98 Å². The van der Waals surface area contributed by atoms with Crippen molar-refractivity contribution < 1.29 is 0 Å². The van der Waals surface area contributed by atoms with Gasteiger partial charge < -0.3 is 10.7 Å². The van der Waals surface area contributed by atoms with Crippen molar-refractivity contribution in [1.82, 2.24) is 4.98 Å². The predicted molar refractivity (Wildman–Crippen MR) is 80.8 cm³/mol. The van der Waals surface area contributed by atoms with Crippen LogP contribution in [-0.2, 0) is 0 Å². The topological polar surface area (TPSA) is 48.8 Å². The molecule has 0 saturated carbocycles. The van der Waals surface area contributed by atoms with Gasteiger partial charge in [0.15, 0.2) is 0 Å². The molecule has 0 aliphatic carbocycles. The average Bonchev–Trinajstić information content (AvgIpc) is 2.45. The van der Waals surface area contributed by atoms with Crippen LogP contribution in [0.25, 0.3) is 6.08 Å². The van der Waals surface area contributed by atoms with Crippen LogP contribution in [0.3, 0.4) is 0 Å². The van der Waals surface area contributed by atoms with Crippen LogP contribution in [0.2, 0.25) is 0 Å². The molecule has 1 heterocycles. The second kappa shape index (κ2) is 5.96. The quantitative estimate of drug-likeness (QED) is 0.817. The Labute approximate surface area is 113 Å². The van der Waals surface area contributed by atoms with Crippen LogP contribution in [0.15, 0.2) is 48.7 Å². The first-order valence-corrected chi connectivity index (χ1v) is 6.17. The van der Waals surface area contributed by atoms with E-state index >= 15 is 0 Å². The smallest absolute Gasteiger partial charge is 0.0633 e. The molecule has 0 bridgehead atoms. The fourth-order valence-electron chi connectivity index (χ4n) is 1.83. The fraction of sp³-hybridized carbons (Fsp3) is 0.125. The molecule has 0 aliphatic rings. The van der Waals surface area contributed by atoms with Gasteiger partial charge in [-0.05, 0) is 42.8 Å². The minimum atomic E-state index is 0.468. The molecule has 0 amide bonds. The monoisotopic (exact) mass is 251 g/mol. The summed E-state index contributed by atoms with van der Waals surface area (Å²) in [7, 11) is 1.87. The molecule has 2 aromatic rings. The van der Waals surface area contributed by atoms with Crippen molar-refractivity contribution in [1.29, 1.82) is 5.41 Å². The molecule has 2 rings (SSSR count). The molecule has 0 spiro atoms. The minimum Gasteiger partial charge on any atom is -0.388 e. The molecule has 0 fully saturated rings. The van der Waals surface area contributed by atoms with Crippen molar-refractivity contribution in [3.8, 4) is 0 Å². The summed E-state index contributed by atoms with van der Waals surface area (Å²) in [4.78, 5) is 4.20. The highest BCUT2D eigenvalue weighted by molar-refractivity contribution is 6.12. The van der Waals surface area contributed by atoms with E-state index in [9.17, 15) is 0 Å². The normalized spacial score (nSPS) is 10.6. The summed E-state index contributed by atoms with van der Waals surface area (Å²) in [5.41, 5.74) is 4.35. The molecular formula is C16H17N3. The summed E-state index contributed by atoms with van der Waals surface area (Å²) in [6.45, 7) is 2.04. The second-order valence-corrected chi connectivity index (χ2v) is 4.30. The van der Waals surface area contributed by atoms with E-state index in [1.807, 2.05) is 56.4 Å². The van der Waals surface area contributed by atoms with Crippen molar-refractivity contribution in [2.75, 3.05) is 12.4 Å². The Balaban J connectivity index is 2.23. The number of rotatable bonds is 4. The molecular weight excluding hydrogens is 234 g/mol. The fourth-order valence-corrected chi connectivity index (χ4v) is 1.83. The molecule has 1 aromatic heterocycles. The summed E-state index contributed by atoms with van der Waals surface area (Å²) in [5, 5.41) is 11.3. The molecule has 0 atom stereocenters. The van der Waals surface area contributed by atoms with Gasteiger partial charge in [-0.25, -0.2) is 0 Å². The van der Waals surface area contributed by atoms with E-state index in [1.54, 1.807) is 12.3 Å². The van der Waals surface area contributed by atoms with Crippen LogP contribution in [0.4, 0.5) is 5.69 Å². The number of allylic oxidation sites excluding steroid dienone is 1. The lowest BCUT2D eigenvalue weighted by Gasteiger charge is -2.09. The van der Waals surface area contributed by atoms with E-state index in [-0.39, 0.29) is 0 Å². The summed E-state index contributed by atoms with van der Waals surface area (Å²) < 4.78 is 0. The Morgan fingerprint density at radius 3 is 2.79 bits per heavy atom. The van der Waals surface area contributed by atoms with E-state index in [2.05, 4.69) is 10.3 Å². The lowest BCUT2D eigenvalue weighted by molar-refractivity contribution is 1.30. The number of aromatic nitrogens is 1. The second-order valence-electron chi connectivity index (χ2n) is 4.30. The molecule has 3 heteroatoms. The number of benzene rings is 1. The molecule has 19 heavy (non-hydrogen) atoms. The van der Waals surface area contributed by atoms with Crippen molar-refractivity contribution in [2.24, 2.45) is 0 Å². The average molecular weight is 251 g/mol. The molecule has 3 nitrogen and oxygen atoms in total. The first-order valence-electron chi connectivity index (χ1n) is 6.17. The highest BCUT2D eigenvalue weighted by Gasteiger charge is 2.04. The van der Waals surface area contributed by atoms with Crippen molar-refractivity contribution in [3.05, 3.63) is 65.5 Å². The zero-order chi connectivity index (χ0) is 13.7. The van der Waals surface area contributed by atoms with Crippen LogP contribution in [0.5, 0.6) is 0 Å². The lowest BCUT2D eigenvalue weighted by Crippen LogP contribution is -2.01. The van der Waals surface area contributed by atoms with Crippen LogP contribution in [0.1, 0.15) is 16.8 Å². The predicted octanol–water partition coefficient (Wildman–Crippen LogP) is 3.51. The Morgan fingerprint density at radius 1 is 1.26 bits per heavy atom. The number of anilines is 1. The SMILES string of the molecule is CNc1cc(C)ccc1C(=N)/C=C/c1ccccn1. The Kier molecular flexibility index (Phi) is 4.08. The van der Waals surface area contributed by atoms with Crippen LogP contribution >= 0.6 is 0 Å². The Morgan fingerprint density at radius 2 is 2.11 bits per heavy atom. The van der Waals surface area contributed by atoms with Crippen LogP contribution < -0.4 is 5.32 Å². The highest BCUT2D eigenvalue weighted by Crippen LogP contribution is 2.18. The molecule has 0 unspecified atom stereocenters.